The van der Waals surface area contributed by atoms with Gasteiger partial charge < -0.3 is 15.5 Å². The Bertz CT molecular complexity index is 670. The van der Waals surface area contributed by atoms with Crippen LogP contribution in [0.3, 0.4) is 0 Å². The molecule has 1 aliphatic heterocycles. The van der Waals surface area contributed by atoms with Gasteiger partial charge in [-0.3, -0.25) is 0 Å². The fraction of sp³-hybridized carbons (Fsp3) is 0.375. The topological polar surface area (TPSA) is 45.4 Å². The van der Waals surface area contributed by atoms with Crippen molar-refractivity contribution in [1.82, 2.24) is 9.88 Å². The summed E-state index contributed by atoms with van der Waals surface area (Å²) in [4.78, 5) is 9.92. The standard InChI is InChI=1S/C16H20N4S/c1-19-7-4-8-20(10-9-19)15-11-13(16(17)21)12-5-2-3-6-14(12)18-15/h2-3,5-6,11H,4,7-10H2,1H3,(H2,17,21). The molecule has 1 aromatic heterocycles. The summed E-state index contributed by atoms with van der Waals surface area (Å²) in [6, 6.07) is 10.1. The SMILES string of the molecule is CN1CCCN(c2cc(C(N)=S)c3ccccc3n2)CC1. The maximum atomic E-state index is 5.91. The van der Waals surface area contributed by atoms with Crippen LogP contribution in [0.1, 0.15) is 12.0 Å². The average Bonchev–Trinajstić information content (AvgIpc) is 2.70. The van der Waals surface area contributed by atoms with E-state index in [1.165, 1.54) is 0 Å². The van der Waals surface area contributed by atoms with Gasteiger partial charge in [0.25, 0.3) is 0 Å². The van der Waals surface area contributed by atoms with Crippen LogP contribution in [0.25, 0.3) is 10.9 Å². The van der Waals surface area contributed by atoms with Gasteiger partial charge in [-0.1, -0.05) is 30.4 Å². The van der Waals surface area contributed by atoms with Crippen LogP contribution in [0.5, 0.6) is 0 Å². The van der Waals surface area contributed by atoms with Crippen LogP contribution in [0.2, 0.25) is 0 Å². The number of fused-ring (bicyclic) bond motifs is 1. The Labute approximate surface area is 130 Å². The fourth-order valence-corrected chi connectivity index (χ4v) is 2.97. The summed E-state index contributed by atoms with van der Waals surface area (Å²) in [7, 11) is 2.16. The minimum atomic E-state index is 0.432. The highest BCUT2D eigenvalue weighted by atomic mass is 32.1. The Hall–Kier alpha value is -1.72. The molecule has 4 nitrogen and oxygen atoms in total. The number of benzene rings is 1. The Kier molecular flexibility index (Phi) is 4.03. The predicted octanol–water partition coefficient (Wildman–Crippen LogP) is 2.01. The molecule has 0 bridgehead atoms. The molecule has 1 aromatic carbocycles. The van der Waals surface area contributed by atoms with Gasteiger partial charge >= 0.3 is 0 Å². The normalized spacial score (nSPS) is 16.9. The number of pyridine rings is 1. The number of likely N-dealkylation sites (N-methyl/N-ethyl adjacent to an activating group) is 1. The highest BCUT2D eigenvalue weighted by Gasteiger charge is 2.16. The molecular formula is C16H20N4S. The van der Waals surface area contributed by atoms with E-state index >= 15 is 0 Å². The number of thiocarbonyl (C=S) groups is 1. The number of rotatable bonds is 2. The van der Waals surface area contributed by atoms with E-state index in [4.69, 9.17) is 22.9 Å². The zero-order valence-corrected chi connectivity index (χ0v) is 13.1. The molecule has 0 aliphatic carbocycles. The molecule has 0 spiro atoms. The Morgan fingerprint density at radius 3 is 2.81 bits per heavy atom. The van der Waals surface area contributed by atoms with E-state index in [2.05, 4.69) is 16.8 Å². The molecule has 2 aromatic rings. The zero-order chi connectivity index (χ0) is 14.8. The van der Waals surface area contributed by atoms with Crippen LogP contribution in [0, 0.1) is 0 Å². The Morgan fingerprint density at radius 1 is 1.19 bits per heavy atom. The predicted molar refractivity (Wildman–Crippen MR) is 92.0 cm³/mol. The van der Waals surface area contributed by atoms with Crippen molar-refractivity contribution in [2.75, 3.05) is 38.1 Å². The highest BCUT2D eigenvalue weighted by Crippen LogP contribution is 2.23. The van der Waals surface area contributed by atoms with Gasteiger partial charge in [0.1, 0.15) is 10.8 Å². The van der Waals surface area contributed by atoms with E-state index in [-0.39, 0.29) is 0 Å². The van der Waals surface area contributed by atoms with Crippen molar-refractivity contribution in [3.8, 4) is 0 Å². The number of aromatic nitrogens is 1. The number of nitrogens with zero attached hydrogens (tertiary/aromatic N) is 3. The largest absolute Gasteiger partial charge is 0.389 e. The van der Waals surface area contributed by atoms with E-state index in [1.807, 2.05) is 30.3 Å². The van der Waals surface area contributed by atoms with Gasteiger partial charge in [-0.2, -0.15) is 0 Å². The summed E-state index contributed by atoms with van der Waals surface area (Å²) >= 11 is 5.22. The molecule has 3 rings (SSSR count). The van der Waals surface area contributed by atoms with E-state index in [9.17, 15) is 0 Å². The van der Waals surface area contributed by atoms with Crippen LogP contribution in [0.15, 0.2) is 30.3 Å². The van der Waals surface area contributed by atoms with Gasteiger partial charge in [0.2, 0.25) is 0 Å². The number of anilines is 1. The first-order chi connectivity index (χ1) is 10.1. The molecule has 0 atom stereocenters. The fourth-order valence-electron chi connectivity index (χ4n) is 2.80. The van der Waals surface area contributed by atoms with Crippen molar-refractivity contribution in [3.63, 3.8) is 0 Å². The van der Waals surface area contributed by atoms with Crippen LogP contribution in [0.4, 0.5) is 5.82 Å². The van der Waals surface area contributed by atoms with Gasteiger partial charge in [-0.05, 0) is 32.1 Å². The van der Waals surface area contributed by atoms with Crippen molar-refractivity contribution in [3.05, 3.63) is 35.9 Å². The second kappa shape index (κ2) is 5.95. The van der Waals surface area contributed by atoms with Crippen molar-refractivity contribution < 1.29 is 0 Å². The third-order valence-corrected chi connectivity index (χ3v) is 4.23. The minimum Gasteiger partial charge on any atom is -0.389 e. The third kappa shape index (κ3) is 2.99. The second-order valence-corrected chi connectivity index (χ2v) is 5.99. The quantitative estimate of drug-likeness (QED) is 0.860. The summed E-state index contributed by atoms with van der Waals surface area (Å²) in [5, 5.41) is 1.03. The first-order valence-corrected chi connectivity index (χ1v) is 7.69. The first kappa shape index (κ1) is 14.2. The molecule has 1 aliphatic rings. The lowest BCUT2D eigenvalue weighted by molar-refractivity contribution is 0.360. The van der Waals surface area contributed by atoms with Gasteiger partial charge in [0.05, 0.1) is 5.52 Å². The maximum absolute atomic E-state index is 5.91. The second-order valence-electron chi connectivity index (χ2n) is 5.55. The summed E-state index contributed by atoms with van der Waals surface area (Å²) < 4.78 is 0. The van der Waals surface area contributed by atoms with E-state index < -0.39 is 0 Å². The van der Waals surface area contributed by atoms with Crippen molar-refractivity contribution in [2.45, 2.75) is 6.42 Å². The maximum Gasteiger partial charge on any atom is 0.129 e. The molecule has 0 amide bonds. The molecule has 2 heterocycles. The molecule has 0 saturated carbocycles. The minimum absolute atomic E-state index is 0.432. The van der Waals surface area contributed by atoms with E-state index in [1.54, 1.807) is 0 Å². The lowest BCUT2D eigenvalue weighted by atomic mass is 10.1. The zero-order valence-electron chi connectivity index (χ0n) is 12.2. The van der Waals surface area contributed by atoms with Crippen LogP contribution < -0.4 is 10.6 Å². The van der Waals surface area contributed by atoms with E-state index in [0.717, 1.165) is 54.9 Å². The molecule has 5 heteroatoms. The van der Waals surface area contributed by atoms with E-state index in [0.29, 0.717) is 4.99 Å². The number of hydrogen-bond donors (Lipinski definition) is 1. The summed E-state index contributed by atoms with van der Waals surface area (Å²) in [6.07, 6.45) is 1.15. The van der Waals surface area contributed by atoms with Gasteiger partial charge in [-0.25, -0.2) is 4.98 Å². The van der Waals surface area contributed by atoms with Gasteiger partial charge in [0, 0.05) is 30.6 Å². The molecule has 110 valence electrons. The monoisotopic (exact) mass is 300 g/mol. The van der Waals surface area contributed by atoms with Crippen LogP contribution in [-0.2, 0) is 0 Å². The highest BCUT2D eigenvalue weighted by molar-refractivity contribution is 7.80. The van der Waals surface area contributed by atoms with Crippen molar-refractivity contribution in [2.24, 2.45) is 5.73 Å². The van der Waals surface area contributed by atoms with Gasteiger partial charge in [-0.15, -0.1) is 0 Å². The molecular weight excluding hydrogens is 280 g/mol. The molecule has 21 heavy (non-hydrogen) atoms. The molecule has 0 unspecified atom stereocenters. The molecule has 2 N–H and O–H groups in total. The van der Waals surface area contributed by atoms with Crippen molar-refractivity contribution in [1.29, 1.82) is 0 Å². The summed E-state index contributed by atoms with van der Waals surface area (Å²) in [5.41, 5.74) is 7.78. The number of nitrogens with two attached hydrogens (primary N) is 1. The smallest absolute Gasteiger partial charge is 0.129 e. The molecule has 1 saturated heterocycles. The Balaban J connectivity index is 2.04. The van der Waals surface area contributed by atoms with Crippen LogP contribution >= 0.6 is 12.2 Å². The third-order valence-electron chi connectivity index (χ3n) is 4.01. The Morgan fingerprint density at radius 2 is 2.00 bits per heavy atom. The molecule has 1 fully saturated rings. The number of para-hydroxylation sites is 1. The lowest BCUT2D eigenvalue weighted by Crippen LogP contribution is -2.29. The van der Waals surface area contributed by atoms with Crippen molar-refractivity contribution >= 4 is 33.9 Å². The first-order valence-electron chi connectivity index (χ1n) is 7.28. The summed E-state index contributed by atoms with van der Waals surface area (Å²) in [5.74, 6) is 0.979. The van der Waals surface area contributed by atoms with Gasteiger partial charge in [0.15, 0.2) is 0 Å². The average molecular weight is 300 g/mol. The number of hydrogen-bond acceptors (Lipinski definition) is 4. The lowest BCUT2D eigenvalue weighted by Gasteiger charge is -2.23. The van der Waals surface area contributed by atoms with Crippen LogP contribution in [-0.4, -0.2) is 48.1 Å². The summed E-state index contributed by atoms with van der Waals surface area (Å²) in [6.45, 7) is 4.19. The molecule has 0 radical (unpaired) electrons.